The summed E-state index contributed by atoms with van der Waals surface area (Å²) in [5, 5.41) is 1.22. The van der Waals surface area contributed by atoms with E-state index in [1.54, 1.807) is 10.6 Å². The predicted molar refractivity (Wildman–Crippen MR) is 78.1 cm³/mol. The summed E-state index contributed by atoms with van der Waals surface area (Å²) < 4.78 is 1.66. The summed E-state index contributed by atoms with van der Waals surface area (Å²) in [5.74, 6) is 0. The van der Waals surface area contributed by atoms with E-state index in [2.05, 4.69) is 4.98 Å². The van der Waals surface area contributed by atoms with E-state index in [4.69, 9.17) is 23.2 Å². The van der Waals surface area contributed by atoms with Crippen molar-refractivity contribution in [2.24, 2.45) is 0 Å². The van der Waals surface area contributed by atoms with Gasteiger partial charge in [-0.25, -0.2) is 4.79 Å². The number of imidazole rings is 1. The number of nitrogens with zero attached hydrogens (tertiary/aromatic N) is 1. The molecular formula is C14H10Cl2N2O. The second-order valence-electron chi connectivity index (χ2n) is 4.28. The maximum atomic E-state index is 12.0. The largest absolute Gasteiger partial charge is 0.326 e. The van der Waals surface area contributed by atoms with Gasteiger partial charge in [0, 0.05) is 5.02 Å². The van der Waals surface area contributed by atoms with Crippen LogP contribution in [0.1, 0.15) is 5.56 Å². The summed E-state index contributed by atoms with van der Waals surface area (Å²) in [6, 6.07) is 12.9. The first-order valence-corrected chi connectivity index (χ1v) is 6.52. The molecule has 3 rings (SSSR count). The maximum Gasteiger partial charge on any atom is 0.326 e. The Kier molecular flexibility index (Phi) is 3.09. The van der Waals surface area contributed by atoms with Crippen LogP contribution < -0.4 is 5.69 Å². The van der Waals surface area contributed by atoms with Crippen molar-refractivity contribution in [3.05, 3.63) is 68.6 Å². The molecule has 0 aliphatic rings. The lowest BCUT2D eigenvalue weighted by Gasteiger charge is -2.04. The molecular weight excluding hydrogens is 283 g/mol. The molecule has 1 aromatic heterocycles. The number of rotatable bonds is 2. The Bertz CT molecular complexity index is 787. The molecule has 0 saturated carbocycles. The van der Waals surface area contributed by atoms with Crippen molar-refractivity contribution in [2.75, 3.05) is 0 Å². The van der Waals surface area contributed by atoms with Gasteiger partial charge < -0.3 is 4.98 Å². The lowest BCUT2D eigenvalue weighted by molar-refractivity contribution is 0.787. The Balaban J connectivity index is 2.10. The molecule has 0 fully saturated rings. The molecule has 19 heavy (non-hydrogen) atoms. The molecule has 0 amide bonds. The third-order valence-corrected chi connectivity index (χ3v) is 3.58. The minimum atomic E-state index is -0.168. The van der Waals surface area contributed by atoms with Gasteiger partial charge in [-0.15, -0.1) is 0 Å². The number of hydrogen-bond acceptors (Lipinski definition) is 1. The summed E-state index contributed by atoms with van der Waals surface area (Å²) in [6.07, 6.45) is 0. The summed E-state index contributed by atoms with van der Waals surface area (Å²) in [6.45, 7) is 0.482. The Morgan fingerprint density at radius 3 is 2.53 bits per heavy atom. The molecule has 0 unspecified atom stereocenters. The van der Waals surface area contributed by atoms with E-state index in [1.807, 2.05) is 36.4 Å². The number of para-hydroxylation sites is 1. The zero-order valence-corrected chi connectivity index (χ0v) is 11.4. The van der Waals surface area contributed by atoms with Crippen molar-refractivity contribution in [1.29, 1.82) is 0 Å². The molecule has 0 atom stereocenters. The minimum absolute atomic E-state index is 0.168. The average Bonchev–Trinajstić information content (AvgIpc) is 2.71. The standard InChI is InChI=1S/C14H10Cl2N2O/c15-10-6-4-9(5-7-10)8-18-12-3-1-2-11(16)13(12)17-14(18)19/h1-7H,8H2,(H,17,19). The molecule has 5 heteroatoms. The summed E-state index contributed by atoms with van der Waals surface area (Å²) in [4.78, 5) is 14.8. The molecule has 0 aliphatic carbocycles. The average molecular weight is 293 g/mol. The van der Waals surface area contributed by atoms with Gasteiger partial charge in [0.2, 0.25) is 0 Å². The van der Waals surface area contributed by atoms with Gasteiger partial charge in [-0.1, -0.05) is 41.4 Å². The molecule has 1 heterocycles. The van der Waals surface area contributed by atoms with E-state index < -0.39 is 0 Å². The van der Waals surface area contributed by atoms with Crippen LogP contribution in [0.3, 0.4) is 0 Å². The van der Waals surface area contributed by atoms with Gasteiger partial charge >= 0.3 is 5.69 Å². The van der Waals surface area contributed by atoms with Crippen molar-refractivity contribution in [3.63, 3.8) is 0 Å². The van der Waals surface area contributed by atoms with Crippen molar-refractivity contribution >= 4 is 34.2 Å². The zero-order valence-electron chi connectivity index (χ0n) is 9.86. The third kappa shape index (κ3) is 2.27. The van der Waals surface area contributed by atoms with Gasteiger partial charge in [-0.05, 0) is 29.8 Å². The van der Waals surface area contributed by atoms with Crippen LogP contribution in [0.2, 0.25) is 10.0 Å². The Hall–Kier alpha value is -1.71. The lowest BCUT2D eigenvalue weighted by Crippen LogP contribution is -2.17. The van der Waals surface area contributed by atoms with Gasteiger partial charge in [-0.3, -0.25) is 4.57 Å². The van der Waals surface area contributed by atoms with Crippen LogP contribution in [0.4, 0.5) is 0 Å². The maximum absolute atomic E-state index is 12.0. The van der Waals surface area contributed by atoms with Crippen molar-refractivity contribution in [1.82, 2.24) is 9.55 Å². The van der Waals surface area contributed by atoms with Crippen molar-refractivity contribution < 1.29 is 0 Å². The van der Waals surface area contributed by atoms with Crippen LogP contribution in [0.5, 0.6) is 0 Å². The number of nitrogens with one attached hydrogen (secondary N) is 1. The first-order valence-electron chi connectivity index (χ1n) is 5.76. The number of halogens is 2. The fourth-order valence-electron chi connectivity index (χ4n) is 2.07. The third-order valence-electron chi connectivity index (χ3n) is 3.01. The number of hydrogen-bond donors (Lipinski definition) is 1. The van der Waals surface area contributed by atoms with Gasteiger partial charge in [-0.2, -0.15) is 0 Å². The van der Waals surface area contributed by atoms with Crippen LogP contribution in [-0.4, -0.2) is 9.55 Å². The number of aromatic nitrogens is 2. The summed E-state index contributed by atoms with van der Waals surface area (Å²) >= 11 is 11.9. The van der Waals surface area contributed by atoms with Crippen LogP contribution in [0, 0.1) is 0 Å². The molecule has 0 radical (unpaired) electrons. The van der Waals surface area contributed by atoms with Gasteiger partial charge in [0.25, 0.3) is 0 Å². The van der Waals surface area contributed by atoms with E-state index >= 15 is 0 Å². The lowest BCUT2D eigenvalue weighted by atomic mass is 10.2. The number of aromatic amines is 1. The second-order valence-corrected chi connectivity index (χ2v) is 5.12. The van der Waals surface area contributed by atoms with Crippen LogP contribution in [-0.2, 0) is 6.54 Å². The molecule has 0 saturated heterocycles. The van der Waals surface area contributed by atoms with Crippen LogP contribution in [0.15, 0.2) is 47.3 Å². The summed E-state index contributed by atoms with van der Waals surface area (Å²) in [7, 11) is 0. The highest BCUT2D eigenvalue weighted by Gasteiger charge is 2.09. The van der Waals surface area contributed by atoms with E-state index in [0.717, 1.165) is 11.1 Å². The zero-order chi connectivity index (χ0) is 13.4. The van der Waals surface area contributed by atoms with Gasteiger partial charge in [0.1, 0.15) is 0 Å². The molecule has 1 N–H and O–H groups in total. The Morgan fingerprint density at radius 1 is 1.05 bits per heavy atom. The van der Waals surface area contributed by atoms with Crippen LogP contribution in [0.25, 0.3) is 11.0 Å². The Labute approximate surface area is 119 Å². The van der Waals surface area contributed by atoms with E-state index in [9.17, 15) is 4.79 Å². The first-order chi connectivity index (χ1) is 9.15. The van der Waals surface area contributed by atoms with Gasteiger partial charge in [0.05, 0.1) is 22.6 Å². The summed E-state index contributed by atoms with van der Waals surface area (Å²) in [5.41, 5.74) is 2.31. The number of benzene rings is 2. The molecule has 2 aromatic carbocycles. The molecule has 0 aliphatic heterocycles. The number of fused-ring (bicyclic) bond motifs is 1. The minimum Gasteiger partial charge on any atom is -0.304 e. The molecule has 0 spiro atoms. The second kappa shape index (κ2) is 4.76. The molecule has 3 nitrogen and oxygen atoms in total. The highest BCUT2D eigenvalue weighted by atomic mass is 35.5. The van der Waals surface area contributed by atoms with Crippen molar-refractivity contribution in [2.45, 2.75) is 6.54 Å². The highest BCUT2D eigenvalue weighted by Crippen LogP contribution is 2.20. The molecule has 3 aromatic rings. The quantitative estimate of drug-likeness (QED) is 0.769. The van der Waals surface area contributed by atoms with E-state index in [-0.39, 0.29) is 5.69 Å². The SMILES string of the molecule is O=c1[nH]c2c(Cl)cccc2n1Cc1ccc(Cl)cc1. The van der Waals surface area contributed by atoms with Crippen molar-refractivity contribution in [3.8, 4) is 0 Å². The fourth-order valence-corrected chi connectivity index (χ4v) is 2.42. The number of H-pyrrole nitrogens is 1. The monoisotopic (exact) mass is 292 g/mol. The topological polar surface area (TPSA) is 37.8 Å². The highest BCUT2D eigenvalue weighted by molar-refractivity contribution is 6.34. The van der Waals surface area contributed by atoms with Crippen LogP contribution >= 0.6 is 23.2 Å². The van der Waals surface area contributed by atoms with E-state index in [1.165, 1.54) is 0 Å². The Morgan fingerprint density at radius 2 is 1.79 bits per heavy atom. The normalized spacial score (nSPS) is 11.1. The predicted octanol–water partition coefficient (Wildman–Crippen LogP) is 3.68. The first kappa shape index (κ1) is 12.3. The molecule has 0 bridgehead atoms. The van der Waals surface area contributed by atoms with E-state index in [0.29, 0.717) is 22.1 Å². The van der Waals surface area contributed by atoms with Gasteiger partial charge in [0.15, 0.2) is 0 Å². The smallest absolute Gasteiger partial charge is 0.304 e. The molecule has 96 valence electrons. The fraction of sp³-hybridized carbons (Fsp3) is 0.0714.